The second-order valence-electron chi connectivity index (χ2n) is 4.06. The monoisotopic (exact) mass is 388 g/mol. The molecule has 0 unspecified atom stereocenters. The number of methoxy groups -OCH3 is 1. The summed E-state index contributed by atoms with van der Waals surface area (Å²) in [5.74, 6) is 0.765. The van der Waals surface area contributed by atoms with Gasteiger partial charge in [-0.15, -0.1) is 0 Å². The summed E-state index contributed by atoms with van der Waals surface area (Å²) in [4.78, 5) is 8.94. The molecule has 1 heterocycles. The van der Waals surface area contributed by atoms with Crippen LogP contribution in [0.3, 0.4) is 0 Å². The summed E-state index contributed by atoms with van der Waals surface area (Å²) < 4.78 is 5.93. The Balaban J connectivity index is 2.32. The average Bonchev–Trinajstić information content (AvgIpc) is 2.44. The molecule has 0 aliphatic rings. The number of benzene rings is 1. The lowest BCUT2D eigenvalue weighted by Gasteiger charge is -2.08. The van der Waals surface area contributed by atoms with E-state index in [-0.39, 0.29) is 0 Å². The minimum atomic E-state index is 0.516. The molecule has 0 atom stereocenters. The van der Waals surface area contributed by atoms with Gasteiger partial charge in [-0.3, -0.25) is 0 Å². The predicted octanol–water partition coefficient (Wildman–Crippen LogP) is 3.98. The largest absolute Gasteiger partial charge is 0.385 e. The van der Waals surface area contributed by atoms with Gasteiger partial charge in [0, 0.05) is 25.7 Å². The average molecular weight is 389 g/mol. The van der Waals surface area contributed by atoms with E-state index in [2.05, 4.69) is 32.6 Å². The van der Waals surface area contributed by atoms with Crippen molar-refractivity contribution in [2.45, 2.75) is 12.8 Å². The highest BCUT2D eigenvalue weighted by molar-refractivity contribution is 14.1. The molecule has 2 aromatic rings. The Bertz CT molecular complexity index is 549. The molecule has 0 bridgehead atoms. The maximum atomic E-state index is 6.19. The first-order valence-corrected chi connectivity index (χ1v) is 7.44. The van der Waals surface area contributed by atoms with Crippen LogP contribution in [-0.4, -0.2) is 23.7 Å². The van der Waals surface area contributed by atoms with E-state index >= 15 is 0 Å². The van der Waals surface area contributed by atoms with Crippen LogP contribution in [-0.2, 0) is 11.2 Å². The number of hydrogen-bond acceptors (Lipinski definition) is 3. The molecular weight excluding hydrogens is 375 g/mol. The van der Waals surface area contributed by atoms with Gasteiger partial charge < -0.3 is 4.74 Å². The van der Waals surface area contributed by atoms with Crippen molar-refractivity contribution < 1.29 is 4.74 Å². The van der Waals surface area contributed by atoms with Gasteiger partial charge in [-0.1, -0.05) is 41.9 Å². The molecule has 0 N–H and O–H groups in total. The summed E-state index contributed by atoms with van der Waals surface area (Å²) in [7, 11) is 1.69. The van der Waals surface area contributed by atoms with Crippen LogP contribution in [0.1, 0.15) is 12.2 Å². The van der Waals surface area contributed by atoms with E-state index in [1.165, 1.54) is 0 Å². The number of halogens is 2. The first kappa shape index (κ1) is 14.7. The van der Waals surface area contributed by atoms with Gasteiger partial charge >= 0.3 is 0 Å². The Morgan fingerprint density at radius 2 is 1.95 bits per heavy atom. The van der Waals surface area contributed by atoms with Crippen molar-refractivity contribution in [1.82, 2.24) is 9.97 Å². The maximum absolute atomic E-state index is 6.19. The summed E-state index contributed by atoms with van der Waals surface area (Å²) in [6.07, 6.45) is 1.66. The second kappa shape index (κ2) is 7.17. The van der Waals surface area contributed by atoms with Gasteiger partial charge in [-0.05, 0) is 29.0 Å². The van der Waals surface area contributed by atoms with Crippen molar-refractivity contribution in [3.8, 4) is 11.3 Å². The van der Waals surface area contributed by atoms with Gasteiger partial charge in [0.05, 0.1) is 9.26 Å². The zero-order valence-corrected chi connectivity index (χ0v) is 13.5. The van der Waals surface area contributed by atoms with Crippen LogP contribution in [0, 0.1) is 3.57 Å². The molecule has 5 heteroatoms. The van der Waals surface area contributed by atoms with E-state index in [1.807, 2.05) is 30.3 Å². The summed E-state index contributed by atoms with van der Waals surface area (Å²) in [6.45, 7) is 0.702. The lowest BCUT2D eigenvalue weighted by molar-refractivity contribution is 0.194. The Hall–Kier alpha value is -0.720. The molecule has 0 spiro atoms. The molecule has 1 aromatic carbocycles. The maximum Gasteiger partial charge on any atom is 0.146 e. The highest BCUT2D eigenvalue weighted by Gasteiger charge is 2.12. The zero-order valence-electron chi connectivity index (χ0n) is 10.6. The molecule has 0 saturated carbocycles. The molecule has 0 aliphatic heterocycles. The Kier molecular flexibility index (Phi) is 5.54. The molecule has 100 valence electrons. The Morgan fingerprint density at radius 1 is 1.21 bits per heavy atom. The molecule has 0 aliphatic carbocycles. The van der Waals surface area contributed by atoms with Crippen molar-refractivity contribution in [2.75, 3.05) is 13.7 Å². The lowest BCUT2D eigenvalue weighted by atomic mass is 10.1. The normalized spacial score (nSPS) is 10.7. The predicted molar refractivity (Wildman–Crippen MR) is 85.4 cm³/mol. The van der Waals surface area contributed by atoms with Gasteiger partial charge in [-0.25, -0.2) is 9.97 Å². The van der Waals surface area contributed by atoms with Crippen molar-refractivity contribution >= 4 is 34.2 Å². The molecular formula is C14H14ClIN2O. The molecule has 0 fully saturated rings. The standard InChI is InChI=1S/C14H14ClIN2O/c1-19-9-5-8-11-17-13(12(16)14(15)18-11)10-6-3-2-4-7-10/h2-4,6-7H,5,8-9H2,1H3. The number of aromatic nitrogens is 2. The van der Waals surface area contributed by atoms with Crippen LogP contribution < -0.4 is 0 Å². The fraction of sp³-hybridized carbons (Fsp3) is 0.286. The van der Waals surface area contributed by atoms with E-state index < -0.39 is 0 Å². The van der Waals surface area contributed by atoms with E-state index in [9.17, 15) is 0 Å². The fourth-order valence-corrected chi connectivity index (χ4v) is 2.48. The summed E-state index contributed by atoms with van der Waals surface area (Å²) >= 11 is 8.38. The van der Waals surface area contributed by atoms with Gasteiger partial charge in [-0.2, -0.15) is 0 Å². The quantitative estimate of drug-likeness (QED) is 0.441. The summed E-state index contributed by atoms with van der Waals surface area (Å²) in [5.41, 5.74) is 1.96. The second-order valence-corrected chi connectivity index (χ2v) is 5.49. The highest BCUT2D eigenvalue weighted by Crippen LogP contribution is 2.27. The van der Waals surface area contributed by atoms with Crippen LogP contribution in [0.4, 0.5) is 0 Å². The van der Waals surface area contributed by atoms with Crippen molar-refractivity contribution in [3.05, 3.63) is 44.9 Å². The van der Waals surface area contributed by atoms with Crippen LogP contribution >= 0.6 is 34.2 Å². The van der Waals surface area contributed by atoms with E-state index in [1.54, 1.807) is 7.11 Å². The topological polar surface area (TPSA) is 35.0 Å². The minimum absolute atomic E-state index is 0.516. The zero-order chi connectivity index (χ0) is 13.7. The third-order valence-electron chi connectivity index (χ3n) is 2.65. The lowest BCUT2D eigenvalue weighted by Crippen LogP contribution is -2.02. The minimum Gasteiger partial charge on any atom is -0.385 e. The number of nitrogens with zero attached hydrogens (tertiary/aromatic N) is 2. The number of ether oxygens (including phenoxy) is 1. The SMILES string of the molecule is COCCCc1nc(Cl)c(I)c(-c2ccccc2)n1. The van der Waals surface area contributed by atoms with Gasteiger partial charge in [0.25, 0.3) is 0 Å². The van der Waals surface area contributed by atoms with E-state index in [0.717, 1.165) is 33.5 Å². The summed E-state index contributed by atoms with van der Waals surface area (Å²) in [6, 6.07) is 10.0. The van der Waals surface area contributed by atoms with Gasteiger partial charge in [0.1, 0.15) is 11.0 Å². The number of rotatable bonds is 5. The van der Waals surface area contributed by atoms with E-state index in [0.29, 0.717) is 11.8 Å². The van der Waals surface area contributed by atoms with Crippen molar-refractivity contribution in [3.63, 3.8) is 0 Å². The van der Waals surface area contributed by atoms with Crippen LogP contribution in [0.2, 0.25) is 5.15 Å². The van der Waals surface area contributed by atoms with Crippen LogP contribution in [0.25, 0.3) is 11.3 Å². The molecule has 0 saturated heterocycles. The van der Waals surface area contributed by atoms with E-state index in [4.69, 9.17) is 16.3 Å². The van der Waals surface area contributed by atoms with Crippen LogP contribution in [0.15, 0.2) is 30.3 Å². The smallest absolute Gasteiger partial charge is 0.146 e. The van der Waals surface area contributed by atoms with Crippen molar-refractivity contribution in [1.29, 1.82) is 0 Å². The highest BCUT2D eigenvalue weighted by atomic mass is 127. The third kappa shape index (κ3) is 3.87. The fourth-order valence-electron chi connectivity index (χ4n) is 1.74. The van der Waals surface area contributed by atoms with Gasteiger partial charge in [0.2, 0.25) is 0 Å². The number of hydrogen-bond donors (Lipinski definition) is 0. The Labute approximate surface area is 131 Å². The molecule has 0 amide bonds. The van der Waals surface area contributed by atoms with Crippen LogP contribution in [0.5, 0.6) is 0 Å². The first-order chi connectivity index (χ1) is 9.22. The van der Waals surface area contributed by atoms with Gasteiger partial charge in [0.15, 0.2) is 0 Å². The molecule has 2 rings (SSSR count). The summed E-state index contributed by atoms with van der Waals surface area (Å²) in [5, 5.41) is 0.516. The third-order valence-corrected chi connectivity index (χ3v) is 4.27. The first-order valence-electron chi connectivity index (χ1n) is 5.98. The molecule has 3 nitrogen and oxygen atoms in total. The molecule has 19 heavy (non-hydrogen) atoms. The molecule has 0 radical (unpaired) electrons. The Morgan fingerprint density at radius 3 is 2.63 bits per heavy atom. The van der Waals surface area contributed by atoms with Crippen molar-refractivity contribution in [2.24, 2.45) is 0 Å². The molecule has 1 aromatic heterocycles. The number of aryl methyl sites for hydroxylation is 1.